The number of hydrogen-bond donors (Lipinski definition) is 0. The van der Waals surface area contributed by atoms with Crippen molar-refractivity contribution in [3.05, 3.63) is 0 Å². The molecule has 0 aliphatic rings. The van der Waals surface area contributed by atoms with Crippen LogP contribution in [0.1, 0.15) is 0 Å². The number of alkyl halides is 10. The topological polar surface area (TPSA) is 43.4 Å². The Balaban J connectivity index is 5.42. The molecule has 0 rings (SSSR count). The highest BCUT2D eigenvalue weighted by molar-refractivity contribution is 7.87. The number of rotatable bonds is 4. The molecule has 3 nitrogen and oxygen atoms in total. The first kappa shape index (κ1) is 18.2. The Bertz CT molecular complexity index is 417. The van der Waals surface area contributed by atoms with Crippen molar-refractivity contribution in [3.8, 4) is 0 Å². The van der Waals surface area contributed by atoms with Crippen LogP contribution in [0.2, 0.25) is 0 Å². The monoisotopic (exact) mass is 332 g/mol. The highest BCUT2D eigenvalue weighted by atomic mass is 32.2. The number of hydrogen-bond acceptors (Lipinski definition) is 3. The minimum absolute atomic E-state index is 2.46. The molecule has 0 aromatic carbocycles. The largest absolute Gasteiger partial charge is 0.461 e. The van der Waals surface area contributed by atoms with E-state index in [4.69, 9.17) is 0 Å². The van der Waals surface area contributed by atoms with Crippen molar-refractivity contribution in [1.29, 1.82) is 0 Å². The van der Waals surface area contributed by atoms with Crippen LogP contribution >= 0.6 is 0 Å². The van der Waals surface area contributed by atoms with Crippen molar-refractivity contribution >= 4 is 10.1 Å². The van der Waals surface area contributed by atoms with E-state index in [1.807, 2.05) is 0 Å². The van der Waals surface area contributed by atoms with Crippen molar-refractivity contribution in [2.24, 2.45) is 0 Å². The summed E-state index contributed by atoms with van der Waals surface area (Å²) in [5.74, 6) is -7.12. The second kappa shape index (κ2) is 4.64. The zero-order chi connectivity index (χ0) is 15.9. The predicted octanol–water partition coefficient (Wildman–Crippen LogP) is 2.69. The summed E-state index contributed by atoms with van der Waals surface area (Å²) in [5, 5.41) is -6.91. The fraction of sp³-hybridized carbons (Fsp3) is 1.00. The van der Waals surface area contributed by atoms with E-state index in [0.29, 0.717) is 0 Å². The van der Waals surface area contributed by atoms with Gasteiger partial charge in [0.15, 0.2) is 6.61 Å². The molecule has 0 unspecified atom stereocenters. The van der Waals surface area contributed by atoms with E-state index in [9.17, 15) is 52.3 Å². The van der Waals surface area contributed by atoms with E-state index in [1.54, 1.807) is 0 Å². The van der Waals surface area contributed by atoms with Gasteiger partial charge < -0.3 is 0 Å². The van der Waals surface area contributed by atoms with Gasteiger partial charge in [-0.1, -0.05) is 0 Å². The van der Waals surface area contributed by atoms with Gasteiger partial charge in [-0.3, -0.25) is 4.18 Å². The van der Waals surface area contributed by atoms with Crippen molar-refractivity contribution in [3.63, 3.8) is 0 Å². The van der Waals surface area contributed by atoms with Crippen LogP contribution in [-0.4, -0.2) is 38.6 Å². The van der Waals surface area contributed by atoms with E-state index in [0.717, 1.165) is 0 Å². The van der Waals surface area contributed by atoms with Gasteiger partial charge in [0.2, 0.25) is 0 Å². The lowest BCUT2D eigenvalue weighted by atomic mass is 10.3. The lowest BCUT2D eigenvalue weighted by Gasteiger charge is -2.27. The van der Waals surface area contributed by atoms with Crippen LogP contribution in [0.3, 0.4) is 0 Å². The van der Waals surface area contributed by atoms with E-state index < -0.39 is 40.3 Å². The fourth-order valence-corrected chi connectivity index (χ4v) is 1.41. The van der Waals surface area contributed by atoms with Gasteiger partial charge in [0.1, 0.15) is 0 Å². The first-order chi connectivity index (χ1) is 7.96. The maximum Gasteiger partial charge on any atom is 0.461 e. The SMILES string of the molecule is O=S(=O)(OCC(F)(F)F)C(F)(F)C(F)(F)C(F)(F)F. The molecule has 14 heteroatoms. The second-order valence-corrected chi connectivity index (χ2v) is 4.58. The van der Waals surface area contributed by atoms with Gasteiger partial charge in [0, 0.05) is 0 Å². The summed E-state index contributed by atoms with van der Waals surface area (Å²) in [7, 11) is -7.16. The summed E-state index contributed by atoms with van der Waals surface area (Å²) in [4.78, 5) is 0. The summed E-state index contributed by atoms with van der Waals surface area (Å²) >= 11 is 0. The Labute approximate surface area is 97.8 Å². The minimum Gasteiger partial charge on any atom is -0.256 e. The molecule has 0 fully saturated rings. The summed E-state index contributed by atoms with van der Waals surface area (Å²) in [5.41, 5.74) is 0. The molecule has 0 radical (unpaired) electrons. The zero-order valence-electron chi connectivity index (χ0n) is 8.12. The van der Waals surface area contributed by atoms with E-state index in [-0.39, 0.29) is 0 Å². The maximum atomic E-state index is 12.5. The third-order valence-electron chi connectivity index (χ3n) is 1.41. The lowest BCUT2D eigenvalue weighted by Crippen LogP contribution is -2.56. The molecular formula is C5H2F10O3S. The number of halogens is 10. The summed E-state index contributed by atoms with van der Waals surface area (Å²) in [6.45, 7) is -2.97. The summed E-state index contributed by atoms with van der Waals surface area (Å²) in [6.07, 6.45) is -12.5. The summed E-state index contributed by atoms with van der Waals surface area (Å²) < 4.78 is 142. The molecule has 0 amide bonds. The Hall–Kier alpha value is -0.790. The Morgan fingerprint density at radius 3 is 1.42 bits per heavy atom. The third-order valence-corrected chi connectivity index (χ3v) is 2.73. The highest BCUT2D eigenvalue weighted by Crippen LogP contribution is 2.49. The van der Waals surface area contributed by atoms with E-state index in [2.05, 4.69) is 4.18 Å². The van der Waals surface area contributed by atoms with E-state index in [1.165, 1.54) is 0 Å². The van der Waals surface area contributed by atoms with Crippen LogP contribution in [0, 0.1) is 0 Å². The van der Waals surface area contributed by atoms with E-state index >= 15 is 0 Å². The van der Waals surface area contributed by atoms with Gasteiger partial charge in [-0.2, -0.15) is 52.3 Å². The first-order valence-corrected chi connectivity index (χ1v) is 5.14. The average Bonchev–Trinajstić information content (AvgIpc) is 2.11. The van der Waals surface area contributed by atoms with Gasteiger partial charge >= 0.3 is 33.6 Å². The van der Waals surface area contributed by atoms with Crippen molar-refractivity contribution in [1.82, 2.24) is 0 Å². The Morgan fingerprint density at radius 1 is 0.789 bits per heavy atom. The van der Waals surface area contributed by atoms with Gasteiger partial charge in [0.05, 0.1) is 0 Å². The Kier molecular flexibility index (Phi) is 4.45. The maximum absolute atomic E-state index is 12.5. The molecule has 0 atom stereocenters. The van der Waals surface area contributed by atoms with Gasteiger partial charge in [-0.05, 0) is 0 Å². The van der Waals surface area contributed by atoms with Crippen molar-refractivity contribution < 1.29 is 56.5 Å². The predicted molar refractivity (Wildman–Crippen MR) is 36.9 cm³/mol. The molecular weight excluding hydrogens is 330 g/mol. The molecule has 0 N–H and O–H groups in total. The van der Waals surface area contributed by atoms with Gasteiger partial charge in [-0.15, -0.1) is 0 Å². The van der Waals surface area contributed by atoms with Crippen LogP contribution in [-0.2, 0) is 14.3 Å². The molecule has 0 aliphatic heterocycles. The standard InChI is InChI=1S/C5H2F10O3S/c6-2(7,8)1-18-19(16,17)5(14,15)3(9,10)4(11,12)13/h1H2. The molecule has 0 heterocycles. The molecule has 0 bridgehead atoms. The molecule has 116 valence electrons. The van der Waals surface area contributed by atoms with Crippen molar-refractivity contribution in [2.45, 2.75) is 23.5 Å². The van der Waals surface area contributed by atoms with Crippen LogP contribution in [0.15, 0.2) is 0 Å². The van der Waals surface area contributed by atoms with Crippen LogP contribution in [0.4, 0.5) is 43.9 Å². The van der Waals surface area contributed by atoms with Crippen LogP contribution in [0.5, 0.6) is 0 Å². The first-order valence-electron chi connectivity index (χ1n) is 3.74. The second-order valence-electron chi connectivity index (χ2n) is 2.92. The molecule has 19 heavy (non-hydrogen) atoms. The zero-order valence-corrected chi connectivity index (χ0v) is 8.94. The molecule has 0 spiro atoms. The van der Waals surface area contributed by atoms with Crippen molar-refractivity contribution in [2.75, 3.05) is 6.61 Å². The minimum atomic E-state index is -7.16. The fourth-order valence-electron chi connectivity index (χ4n) is 0.540. The van der Waals surface area contributed by atoms with Gasteiger partial charge in [0.25, 0.3) is 0 Å². The smallest absolute Gasteiger partial charge is 0.256 e. The molecule has 0 saturated heterocycles. The highest BCUT2D eigenvalue weighted by Gasteiger charge is 2.79. The molecule has 0 aliphatic carbocycles. The average molecular weight is 332 g/mol. The Morgan fingerprint density at radius 2 is 1.16 bits per heavy atom. The molecule has 0 aromatic heterocycles. The van der Waals surface area contributed by atoms with Crippen LogP contribution < -0.4 is 0 Å². The third kappa shape index (κ3) is 3.61. The molecule has 0 aromatic rings. The lowest BCUT2D eigenvalue weighted by molar-refractivity contribution is -0.333. The van der Waals surface area contributed by atoms with Gasteiger partial charge in [-0.25, -0.2) is 0 Å². The summed E-state index contributed by atoms with van der Waals surface area (Å²) in [6, 6.07) is 0. The van der Waals surface area contributed by atoms with Crippen LogP contribution in [0.25, 0.3) is 0 Å². The normalized spacial score (nSPS) is 15.7. The quantitative estimate of drug-likeness (QED) is 0.587. The molecule has 0 saturated carbocycles.